The molecular weight excluding hydrogens is 322 g/mol. The molecule has 3 aromatic rings. The predicted octanol–water partition coefficient (Wildman–Crippen LogP) is 3.05. The summed E-state index contributed by atoms with van der Waals surface area (Å²) in [6.45, 7) is 0.467. The maximum absolute atomic E-state index is 13.4. The van der Waals surface area contributed by atoms with Crippen LogP contribution < -0.4 is 5.32 Å². The molecule has 1 aliphatic rings. The molecule has 0 aliphatic carbocycles. The third kappa shape index (κ3) is 2.76. The van der Waals surface area contributed by atoms with Gasteiger partial charge in [-0.1, -0.05) is 24.3 Å². The minimum Gasteiger partial charge on any atom is -0.367 e. The summed E-state index contributed by atoms with van der Waals surface area (Å²) >= 11 is 0. The van der Waals surface area contributed by atoms with E-state index in [1.807, 2.05) is 0 Å². The smallest absolute Gasteiger partial charge is 0.132 e. The molecule has 6 heteroatoms. The lowest BCUT2D eigenvalue weighted by atomic mass is 9.84. The third-order valence-corrected chi connectivity index (χ3v) is 4.29. The fourth-order valence-corrected chi connectivity index (χ4v) is 3.02. The summed E-state index contributed by atoms with van der Waals surface area (Å²) in [5.74, 6) is 0.0171. The van der Waals surface area contributed by atoms with Crippen molar-refractivity contribution >= 4 is 5.84 Å². The van der Waals surface area contributed by atoms with Crippen molar-refractivity contribution < 1.29 is 8.78 Å². The molecule has 0 bridgehead atoms. The van der Waals surface area contributed by atoms with Crippen LogP contribution in [0.25, 0.3) is 0 Å². The Kier molecular flexibility index (Phi) is 3.72. The van der Waals surface area contributed by atoms with Gasteiger partial charge in [0.1, 0.15) is 29.3 Å². The van der Waals surface area contributed by atoms with Crippen molar-refractivity contribution in [2.45, 2.75) is 5.54 Å². The van der Waals surface area contributed by atoms with Crippen LogP contribution in [0.2, 0.25) is 0 Å². The Morgan fingerprint density at radius 1 is 0.800 bits per heavy atom. The monoisotopic (exact) mass is 336 g/mol. The van der Waals surface area contributed by atoms with Gasteiger partial charge in [-0.05, 0) is 35.4 Å². The van der Waals surface area contributed by atoms with E-state index in [-0.39, 0.29) is 11.6 Å². The van der Waals surface area contributed by atoms with Crippen molar-refractivity contribution in [3.05, 3.63) is 95.6 Å². The topological polar surface area (TPSA) is 50.2 Å². The highest BCUT2D eigenvalue weighted by molar-refractivity contribution is 6.00. The van der Waals surface area contributed by atoms with Crippen LogP contribution in [0.3, 0.4) is 0 Å². The van der Waals surface area contributed by atoms with Crippen molar-refractivity contribution in [1.29, 1.82) is 0 Å². The first-order valence-electron chi connectivity index (χ1n) is 7.79. The predicted molar refractivity (Wildman–Crippen MR) is 90.2 cm³/mol. The highest BCUT2D eigenvalue weighted by atomic mass is 19.1. The van der Waals surface area contributed by atoms with E-state index < -0.39 is 5.54 Å². The number of halogens is 2. The normalized spacial score (nSPS) is 15.5. The van der Waals surface area contributed by atoms with E-state index in [1.54, 1.807) is 36.7 Å². The van der Waals surface area contributed by atoms with Crippen molar-refractivity contribution in [2.24, 2.45) is 4.99 Å². The number of hydrogen-bond acceptors (Lipinski definition) is 4. The van der Waals surface area contributed by atoms with Crippen molar-refractivity contribution in [2.75, 3.05) is 6.54 Å². The Morgan fingerprint density at radius 3 is 1.84 bits per heavy atom. The molecule has 0 amide bonds. The van der Waals surface area contributed by atoms with Gasteiger partial charge in [-0.15, -0.1) is 0 Å². The van der Waals surface area contributed by atoms with Gasteiger partial charge >= 0.3 is 0 Å². The zero-order valence-electron chi connectivity index (χ0n) is 13.2. The second kappa shape index (κ2) is 6.05. The zero-order chi connectivity index (χ0) is 17.3. The van der Waals surface area contributed by atoms with Gasteiger partial charge in [0.25, 0.3) is 0 Å². The fraction of sp³-hybridized carbons (Fsp3) is 0.105. The number of amidine groups is 1. The van der Waals surface area contributed by atoms with Crippen LogP contribution in [0.1, 0.15) is 16.7 Å². The molecule has 0 spiro atoms. The molecule has 25 heavy (non-hydrogen) atoms. The summed E-state index contributed by atoms with van der Waals surface area (Å²) in [4.78, 5) is 12.9. The number of hydrogen-bond donors (Lipinski definition) is 1. The maximum atomic E-state index is 13.4. The second-order valence-electron chi connectivity index (χ2n) is 5.82. The van der Waals surface area contributed by atoms with Crippen LogP contribution in [-0.2, 0) is 5.54 Å². The largest absolute Gasteiger partial charge is 0.367 e. The molecule has 124 valence electrons. The molecular formula is C19H14F2N4. The highest BCUT2D eigenvalue weighted by Crippen LogP contribution is 2.37. The van der Waals surface area contributed by atoms with Gasteiger partial charge in [0, 0.05) is 18.9 Å². The van der Waals surface area contributed by atoms with Gasteiger partial charge in [0.15, 0.2) is 0 Å². The first-order chi connectivity index (χ1) is 12.2. The Morgan fingerprint density at radius 2 is 1.32 bits per heavy atom. The summed E-state index contributed by atoms with van der Waals surface area (Å²) in [5.41, 5.74) is 1.63. The first kappa shape index (κ1) is 15.4. The van der Waals surface area contributed by atoms with Crippen LogP contribution in [-0.4, -0.2) is 22.3 Å². The van der Waals surface area contributed by atoms with Gasteiger partial charge in [0.2, 0.25) is 0 Å². The van der Waals surface area contributed by atoms with Crippen molar-refractivity contribution in [3.63, 3.8) is 0 Å². The van der Waals surface area contributed by atoms with Gasteiger partial charge < -0.3 is 5.32 Å². The Balaban J connectivity index is 1.87. The number of nitrogens with one attached hydrogen (secondary N) is 1. The molecule has 2 aromatic carbocycles. The molecule has 1 aromatic heterocycles. The zero-order valence-corrected chi connectivity index (χ0v) is 13.2. The van der Waals surface area contributed by atoms with E-state index in [2.05, 4.69) is 15.3 Å². The van der Waals surface area contributed by atoms with Gasteiger partial charge in [-0.2, -0.15) is 0 Å². The van der Waals surface area contributed by atoms with Crippen LogP contribution in [0.5, 0.6) is 0 Å². The van der Waals surface area contributed by atoms with Gasteiger partial charge in [-0.3, -0.25) is 0 Å². The van der Waals surface area contributed by atoms with Crippen molar-refractivity contribution in [3.8, 4) is 0 Å². The molecule has 4 nitrogen and oxygen atoms in total. The number of nitrogens with zero attached hydrogens (tertiary/aromatic N) is 3. The van der Waals surface area contributed by atoms with Crippen LogP contribution >= 0.6 is 0 Å². The first-order valence-corrected chi connectivity index (χ1v) is 7.79. The molecule has 0 fully saturated rings. The summed E-state index contributed by atoms with van der Waals surface area (Å²) in [6, 6.07) is 12.4. The fourth-order valence-electron chi connectivity index (χ4n) is 3.02. The Bertz CT molecular complexity index is 861. The Hall–Kier alpha value is -3.15. The minimum absolute atomic E-state index is 0.315. The summed E-state index contributed by atoms with van der Waals surface area (Å²) in [5, 5.41) is 3.27. The molecule has 1 N–H and O–H groups in total. The molecule has 4 rings (SSSR count). The van der Waals surface area contributed by atoms with E-state index in [4.69, 9.17) is 4.99 Å². The lowest BCUT2D eigenvalue weighted by Crippen LogP contribution is -2.31. The summed E-state index contributed by atoms with van der Waals surface area (Å²) < 4.78 is 26.8. The standard InChI is InChI=1S/C19H14F2N4/c20-16-5-1-14(2-6-16)19(15-3-7-17(21)8-4-15)11-24-18(25-19)13-9-22-12-23-10-13/h1-10,12H,11H2,(H,24,25). The van der Waals surface area contributed by atoms with Crippen molar-refractivity contribution in [1.82, 2.24) is 15.3 Å². The number of aromatic nitrogens is 2. The van der Waals surface area contributed by atoms with E-state index >= 15 is 0 Å². The quantitative estimate of drug-likeness (QED) is 0.800. The number of benzene rings is 2. The number of rotatable bonds is 3. The lowest BCUT2D eigenvalue weighted by molar-refractivity contribution is 0.560. The molecule has 2 heterocycles. The lowest BCUT2D eigenvalue weighted by Gasteiger charge is -2.26. The third-order valence-electron chi connectivity index (χ3n) is 4.29. The van der Waals surface area contributed by atoms with E-state index in [0.717, 1.165) is 16.7 Å². The molecule has 1 aliphatic heterocycles. The average Bonchev–Trinajstić information content (AvgIpc) is 3.10. The molecule has 0 saturated heterocycles. The van der Waals surface area contributed by atoms with Gasteiger partial charge in [-0.25, -0.2) is 23.7 Å². The van der Waals surface area contributed by atoms with Crippen LogP contribution in [0.15, 0.2) is 72.2 Å². The SMILES string of the molecule is Fc1ccc(C2(c3ccc(F)cc3)CNC(c3cncnc3)=N2)cc1. The highest BCUT2D eigenvalue weighted by Gasteiger charge is 2.39. The maximum Gasteiger partial charge on any atom is 0.132 e. The molecule has 0 atom stereocenters. The van der Waals surface area contributed by atoms with E-state index in [1.165, 1.54) is 30.6 Å². The van der Waals surface area contributed by atoms with E-state index in [9.17, 15) is 8.78 Å². The summed E-state index contributed by atoms with van der Waals surface area (Å²) in [6.07, 6.45) is 4.79. The van der Waals surface area contributed by atoms with E-state index in [0.29, 0.717) is 12.4 Å². The number of aliphatic imine (C=N–C) groups is 1. The average molecular weight is 336 g/mol. The van der Waals surface area contributed by atoms with Gasteiger partial charge in [0.05, 0.1) is 5.56 Å². The van der Waals surface area contributed by atoms with Crippen LogP contribution in [0, 0.1) is 11.6 Å². The minimum atomic E-state index is -0.771. The second-order valence-corrected chi connectivity index (χ2v) is 5.82. The Labute approximate surface area is 143 Å². The summed E-state index contributed by atoms with van der Waals surface area (Å²) in [7, 11) is 0. The molecule has 0 saturated carbocycles. The molecule has 0 radical (unpaired) electrons. The van der Waals surface area contributed by atoms with Crippen LogP contribution in [0.4, 0.5) is 8.78 Å². The molecule has 0 unspecified atom stereocenters.